The maximum atomic E-state index is 12.5. The molecule has 7 heteroatoms. The van der Waals surface area contributed by atoms with Crippen LogP contribution in [-0.4, -0.2) is 52.9 Å². The van der Waals surface area contributed by atoms with E-state index >= 15 is 0 Å². The van der Waals surface area contributed by atoms with Crippen LogP contribution in [0.1, 0.15) is 24.2 Å². The molecule has 1 saturated heterocycles. The average Bonchev–Trinajstić information content (AvgIpc) is 2.41. The lowest BCUT2D eigenvalue weighted by Crippen LogP contribution is -2.58. The number of likely N-dealkylation sites (N-methyl/N-ethyl adjacent to an activating group) is 1. The molecule has 0 aliphatic carbocycles. The van der Waals surface area contributed by atoms with E-state index in [9.17, 15) is 4.79 Å². The molecule has 0 spiro atoms. The summed E-state index contributed by atoms with van der Waals surface area (Å²) in [6.45, 7) is 6.48. The molecule has 20 heavy (non-hydrogen) atoms. The van der Waals surface area contributed by atoms with E-state index in [1.807, 2.05) is 4.90 Å². The molecule has 110 valence electrons. The fourth-order valence-corrected chi connectivity index (χ4v) is 2.48. The predicted molar refractivity (Wildman–Crippen MR) is 79.7 cm³/mol. The lowest BCUT2D eigenvalue weighted by atomic mass is 9.99. The summed E-state index contributed by atoms with van der Waals surface area (Å²) >= 11 is 6.01. The molecule has 0 saturated carbocycles. The molecule has 1 amide bonds. The van der Waals surface area contributed by atoms with Crippen LogP contribution in [0.25, 0.3) is 0 Å². The molecule has 1 aromatic heterocycles. The van der Waals surface area contributed by atoms with E-state index in [4.69, 9.17) is 17.4 Å². The van der Waals surface area contributed by atoms with Crippen molar-refractivity contribution in [2.24, 2.45) is 5.84 Å². The SMILES string of the molecule is CN1CCN(C(=O)c2cnc(NN)c(Cl)c2)CC1(C)C. The van der Waals surface area contributed by atoms with Gasteiger partial charge in [0.1, 0.15) is 0 Å². The first-order chi connectivity index (χ1) is 9.35. The standard InChI is InChI=1S/C13H20ClN5O/c1-13(2)8-19(5-4-18(13)3)12(20)9-6-10(14)11(17-15)16-7-9/h6-7H,4-5,8,15H2,1-3H3,(H,16,17). The maximum Gasteiger partial charge on any atom is 0.255 e. The summed E-state index contributed by atoms with van der Waals surface area (Å²) in [6.07, 6.45) is 1.49. The van der Waals surface area contributed by atoms with Gasteiger partial charge in [-0.1, -0.05) is 11.6 Å². The Balaban J connectivity index is 2.18. The number of nitrogens with zero attached hydrogens (tertiary/aromatic N) is 3. The smallest absolute Gasteiger partial charge is 0.255 e. The van der Waals surface area contributed by atoms with Crippen molar-refractivity contribution >= 4 is 23.3 Å². The minimum absolute atomic E-state index is 0.0378. The highest BCUT2D eigenvalue weighted by Gasteiger charge is 2.33. The first-order valence-corrected chi connectivity index (χ1v) is 6.85. The topological polar surface area (TPSA) is 74.5 Å². The van der Waals surface area contributed by atoms with Crippen LogP contribution in [-0.2, 0) is 0 Å². The van der Waals surface area contributed by atoms with Gasteiger partial charge in [0.25, 0.3) is 5.91 Å². The number of hydrazine groups is 1. The van der Waals surface area contributed by atoms with Crippen LogP contribution in [0.4, 0.5) is 5.82 Å². The van der Waals surface area contributed by atoms with E-state index in [2.05, 4.69) is 36.2 Å². The van der Waals surface area contributed by atoms with E-state index in [1.54, 1.807) is 6.07 Å². The second-order valence-electron chi connectivity index (χ2n) is 5.66. The van der Waals surface area contributed by atoms with Gasteiger partial charge in [-0.05, 0) is 27.0 Å². The number of aromatic nitrogens is 1. The Kier molecular flexibility index (Phi) is 4.17. The Morgan fingerprint density at radius 2 is 2.20 bits per heavy atom. The van der Waals surface area contributed by atoms with E-state index in [0.717, 1.165) is 6.54 Å². The molecular formula is C13H20ClN5O. The summed E-state index contributed by atoms with van der Waals surface area (Å²) in [5.41, 5.74) is 2.83. The predicted octanol–water partition coefficient (Wildman–Crippen LogP) is 1.19. The Morgan fingerprint density at radius 3 is 2.75 bits per heavy atom. The number of nitrogens with one attached hydrogen (secondary N) is 1. The van der Waals surface area contributed by atoms with E-state index in [0.29, 0.717) is 29.5 Å². The number of rotatable bonds is 2. The van der Waals surface area contributed by atoms with Crippen molar-refractivity contribution in [3.05, 3.63) is 22.8 Å². The third kappa shape index (κ3) is 2.87. The molecule has 0 unspecified atom stereocenters. The van der Waals surface area contributed by atoms with Gasteiger partial charge in [-0.3, -0.25) is 9.69 Å². The highest BCUT2D eigenvalue weighted by atomic mass is 35.5. The van der Waals surface area contributed by atoms with Crippen LogP contribution >= 0.6 is 11.6 Å². The van der Waals surface area contributed by atoms with Gasteiger partial charge in [0.05, 0.1) is 10.6 Å². The van der Waals surface area contributed by atoms with Crippen molar-refractivity contribution in [1.82, 2.24) is 14.8 Å². The summed E-state index contributed by atoms with van der Waals surface area (Å²) < 4.78 is 0. The number of anilines is 1. The molecule has 1 aliphatic heterocycles. The number of amides is 1. The lowest BCUT2D eigenvalue weighted by Gasteiger charge is -2.45. The average molecular weight is 298 g/mol. The third-order valence-corrected chi connectivity index (χ3v) is 4.12. The molecule has 0 radical (unpaired) electrons. The number of hydrogen-bond acceptors (Lipinski definition) is 5. The number of halogens is 1. The van der Waals surface area contributed by atoms with Crippen molar-refractivity contribution in [2.45, 2.75) is 19.4 Å². The van der Waals surface area contributed by atoms with Gasteiger partial charge in [0.15, 0.2) is 5.82 Å². The molecule has 1 fully saturated rings. The quantitative estimate of drug-likeness (QED) is 0.633. The van der Waals surface area contributed by atoms with Crippen molar-refractivity contribution in [3.63, 3.8) is 0 Å². The molecule has 0 atom stereocenters. The van der Waals surface area contributed by atoms with E-state index in [1.165, 1.54) is 6.20 Å². The lowest BCUT2D eigenvalue weighted by molar-refractivity contribution is 0.0311. The second kappa shape index (κ2) is 5.55. The summed E-state index contributed by atoms with van der Waals surface area (Å²) in [6, 6.07) is 1.59. The molecule has 2 rings (SSSR count). The van der Waals surface area contributed by atoms with Gasteiger partial charge < -0.3 is 10.3 Å². The van der Waals surface area contributed by atoms with Crippen LogP contribution < -0.4 is 11.3 Å². The fraction of sp³-hybridized carbons (Fsp3) is 0.538. The van der Waals surface area contributed by atoms with Crippen LogP contribution in [0.2, 0.25) is 5.02 Å². The molecule has 0 bridgehead atoms. The zero-order valence-electron chi connectivity index (χ0n) is 12.0. The number of pyridine rings is 1. The molecule has 1 aromatic rings. The van der Waals surface area contributed by atoms with Crippen molar-refractivity contribution in [2.75, 3.05) is 32.1 Å². The van der Waals surface area contributed by atoms with Gasteiger partial charge in [-0.15, -0.1) is 0 Å². The van der Waals surface area contributed by atoms with Gasteiger partial charge in [0, 0.05) is 31.4 Å². The number of carbonyl (C=O) groups excluding carboxylic acids is 1. The van der Waals surface area contributed by atoms with E-state index < -0.39 is 0 Å². The number of piperazine rings is 1. The van der Waals surface area contributed by atoms with Crippen LogP contribution in [0.15, 0.2) is 12.3 Å². The Morgan fingerprint density at radius 1 is 1.50 bits per heavy atom. The number of nitrogens with two attached hydrogens (primary N) is 1. The largest absolute Gasteiger partial charge is 0.335 e. The minimum atomic E-state index is -0.0517. The van der Waals surface area contributed by atoms with Gasteiger partial charge in [-0.2, -0.15) is 0 Å². The fourth-order valence-electron chi connectivity index (χ4n) is 2.26. The summed E-state index contributed by atoms with van der Waals surface area (Å²) in [4.78, 5) is 20.6. The molecule has 2 heterocycles. The Labute approximate surface area is 123 Å². The van der Waals surface area contributed by atoms with Crippen LogP contribution in [0, 0.1) is 0 Å². The molecule has 0 aromatic carbocycles. The highest BCUT2D eigenvalue weighted by Crippen LogP contribution is 2.23. The van der Waals surface area contributed by atoms with E-state index in [-0.39, 0.29) is 11.4 Å². The monoisotopic (exact) mass is 297 g/mol. The van der Waals surface area contributed by atoms with Crippen LogP contribution in [0.3, 0.4) is 0 Å². The normalized spacial score (nSPS) is 18.9. The van der Waals surface area contributed by atoms with Gasteiger partial charge in [-0.25, -0.2) is 10.8 Å². The Bertz CT molecular complexity index is 519. The van der Waals surface area contributed by atoms with Crippen molar-refractivity contribution in [3.8, 4) is 0 Å². The zero-order valence-corrected chi connectivity index (χ0v) is 12.7. The van der Waals surface area contributed by atoms with Gasteiger partial charge >= 0.3 is 0 Å². The first kappa shape index (κ1) is 15.0. The minimum Gasteiger partial charge on any atom is -0.335 e. The molecule has 1 aliphatic rings. The summed E-state index contributed by atoms with van der Waals surface area (Å²) in [5, 5.41) is 0.340. The number of carbonyl (C=O) groups is 1. The molecule has 3 N–H and O–H groups in total. The van der Waals surface area contributed by atoms with Crippen molar-refractivity contribution < 1.29 is 4.79 Å². The Hall–Kier alpha value is -1.37. The summed E-state index contributed by atoms with van der Waals surface area (Å²) in [7, 11) is 2.07. The first-order valence-electron chi connectivity index (χ1n) is 6.48. The number of hydrogen-bond donors (Lipinski definition) is 2. The second-order valence-corrected chi connectivity index (χ2v) is 6.07. The maximum absolute atomic E-state index is 12.5. The number of nitrogen functional groups attached to an aromatic ring is 1. The van der Waals surface area contributed by atoms with Gasteiger partial charge in [0.2, 0.25) is 0 Å². The summed E-state index contributed by atoms with van der Waals surface area (Å²) in [5.74, 6) is 5.58. The molecular weight excluding hydrogens is 278 g/mol. The molecule has 6 nitrogen and oxygen atoms in total. The van der Waals surface area contributed by atoms with Crippen LogP contribution in [0.5, 0.6) is 0 Å². The van der Waals surface area contributed by atoms with Crippen molar-refractivity contribution in [1.29, 1.82) is 0 Å². The zero-order chi connectivity index (χ0) is 14.9. The third-order valence-electron chi connectivity index (χ3n) is 3.83. The highest BCUT2D eigenvalue weighted by molar-refractivity contribution is 6.33.